The normalized spacial score (nSPS) is 21.8. The molecule has 4 aromatic carbocycles. The molecule has 0 spiro atoms. The number of ether oxygens (including phenoxy) is 4. The molecule has 1 saturated heterocycles. The molecular weight excluding hydrogens is 668 g/mol. The van der Waals surface area contributed by atoms with Gasteiger partial charge in [-0.25, -0.2) is 9.59 Å². The van der Waals surface area contributed by atoms with Crippen LogP contribution >= 0.6 is 0 Å². The van der Waals surface area contributed by atoms with Crippen molar-refractivity contribution in [1.29, 1.82) is 0 Å². The molecule has 17 heteroatoms. The third kappa shape index (κ3) is 5.60. The maximum atomic E-state index is 13.5. The first-order valence-electron chi connectivity index (χ1n) is 14.5. The van der Waals surface area contributed by atoms with Crippen LogP contribution in [0.1, 0.15) is 36.6 Å². The van der Waals surface area contributed by atoms with Crippen molar-refractivity contribution < 1.29 is 84.4 Å². The number of fused-ring (bicyclic) bond motifs is 4. The maximum absolute atomic E-state index is 13.5. The molecule has 2 heterocycles. The molecule has 2 aliphatic rings. The standard InChI is InChI=1S/C33H26O17/c34-15-6-12(7-16(35)22(15)23(38)11-4-2-1-3-5-11)48-33-29(44)28(43)30-19(49-33)10-47-31(45)13-8-17(36)24(39)26(41)20(13)21-14(32(46)50-30)9-18(37)25(40)27(21)42/h1-9,19,28-30,33-37,39-44H,10H2. The third-order valence-electron chi connectivity index (χ3n) is 8.05. The maximum Gasteiger partial charge on any atom is 0.339 e. The van der Waals surface area contributed by atoms with E-state index in [1.54, 1.807) is 18.2 Å². The van der Waals surface area contributed by atoms with Crippen LogP contribution in [0.3, 0.4) is 0 Å². The average Bonchev–Trinajstić information content (AvgIpc) is 3.09. The van der Waals surface area contributed by atoms with E-state index in [9.17, 15) is 65.4 Å². The van der Waals surface area contributed by atoms with E-state index in [4.69, 9.17) is 18.9 Å². The highest BCUT2D eigenvalue weighted by molar-refractivity contribution is 6.12. The average molecular weight is 695 g/mol. The van der Waals surface area contributed by atoms with E-state index in [0.717, 1.165) is 12.1 Å². The largest absolute Gasteiger partial charge is 0.507 e. The van der Waals surface area contributed by atoms with Gasteiger partial charge in [0, 0.05) is 28.8 Å². The summed E-state index contributed by atoms with van der Waals surface area (Å²) in [5.74, 6) is -12.5. The SMILES string of the molecule is O=C1OCC2OC(Oc3cc(O)c(C(=O)c4ccccc4)c(O)c3)C(O)C(O)C2OC(=O)c2cc(O)c(O)c(O)c2-c2c1cc(O)c(O)c2O. The highest BCUT2D eigenvalue weighted by Crippen LogP contribution is 2.53. The molecule has 5 unspecified atom stereocenters. The van der Waals surface area contributed by atoms with Gasteiger partial charge in [0.15, 0.2) is 29.1 Å². The van der Waals surface area contributed by atoms with Crippen LogP contribution in [-0.4, -0.2) is 106 Å². The molecule has 0 amide bonds. The van der Waals surface area contributed by atoms with Crippen LogP contribution in [0.25, 0.3) is 11.1 Å². The minimum Gasteiger partial charge on any atom is -0.507 e. The number of ketones is 1. The fourth-order valence-electron chi connectivity index (χ4n) is 5.58. The summed E-state index contributed by atoms with van der Waals surface area (Å²) in [6.07, 6.45) is -9.58. The van der Waals surface area contributed by atoms with E-state index in [0.29, 0.717) is 12.1 Å². The van der Waals surface area contributed by atoms with Crippen LogP contribution < -0.4 is 4.74 Å². The lowest BCUT2D eigenvalue weighted by Crippen LogP contribution is -2.61. The van der Waals surface area contributed by atoms with Gasteiger partial charge >= 0.3 is 11.9 Å². The highest BCUT2D eigenvalue weighted by Gasteiger charge is 2.49. The summed E-state index contributed by atoms with van der Waals surface area (Å²) in [5.41, 5.74) is -3.64. The molecule has 0 saturated carbocycles. The van der Waals surface area contributed by atoms with Crippen LogP contribution in [0.4, 0.5) is 0 Å². The van der Waals surface area contributed by atoms with Crippen molar-refractivity contribution in [3.8, 4) is 62.9 Å². The minimum absolute atomic E-state index is 0.151. The van der Waals surface area contributed by atoms with E-state index in [1.165, 1.54) is 12.1 Å². The van der Waals surface area contributed by atoms with Crippen molar-refractivity contribution in [3.05, 3.63) is 76.9 Å². The van der Waals surface area contributed by atoms with Crippen molar-refractivity contribution in [2.45, 2.75) is 30.7 Å². The Labute approximate surface area is 279 Å². The van der Waals surface area contributed by atoms with Gasteiger partial charge in [-0.1, -0.05) is 30.3 Å². The minimum atomic E-state index is -2.09. The fourth-order valence-corrected chi connectivity index (χ4v) is 5.58. The molecule has 50 heavy (non-hydrogen) atoms. The third-order valence-corrected chi connectivity index (χ3v) is 8.05. The summed E-state index contributed by atoms with van der Waals surface area (Å²) in [4.78, 5) is 39.8. The number of benzene rings is 4. The van der Waals surface area contributed by atoms with Crippen molar-refractivity contribution in [1.82, 2.24) is 0 Å². The van der Waals surface area contributed by atoms with Crippen molar-refractivity contribution in [3.63, 3.8) is 0 Å². The summed E-state index contributed by atoms with van der Waals surface area (Å²) in [7, 11) is 0. The lowest BCUT2D eigenvalue weighted by molar-refractivity contribution is -0.276. The van der Waals surface area contributed by atoms with Crippen LogP contribution in [0.15, 0.2) is 54.6 Å². The van der Waals surface area contributed by atoms with Gasteiger partial charge in [0.1, 0.15) is 47.7 Å². The van der Waals surface area contributed by atoms with Gasteiger partial charge in [-0.15, -0.1) is 0 Å². The molecule has 0 radical (unpaired) electrons. The number of aliphatic hydroxyl groups is 2. The van der Waals surface area contributed by atoms with Crippen molar-refractivity contribution in [2.24, 2.45) is 0 Å². The molecule has 0 bridgehead atoms. The molecule has 2 aliphatic heterocycles. The first-order chi connectivity index (χ1) is 23.7. The fraction of sp³-hybridized carbons (Fsp3) is 0.182. The Morgan fingerprint density at radius 2 is 1.22 bits per heavy atom. The summed E-state index contributed by atoms with van der Waals surface area (Å²) < 4.78 is 21.9. The Bertz CT molecular complexity index is 2020. The van der Waals surface area contributed by atoms with E-state index in [1.807, 2.05) is 0 Å². The van der Waals surface area contributed by atoms with E-state index < -0.39 is 129 Å². The van der Waals surface area contributed by atoms with E-state index in [-0.39, 0.29) is 11.3 Å². The smallest absolute Gasteiger partial charge is 0.339 e. The predicted molar refractivity (Wildman–Crippen MR) is 162 cm³/mol. The number of aromatic hydroxyl groups is 8. The van der Waals surface area contributed by atoms with Gasteiger partial charge in [-0.05, 0) is 12.1 Å². The Morgan fingerprint density at radius 1 is 0.680 bits per heavy atom. The molecule has 10 N–H and O–H groups in total. The first kappa shape index (κ1) is 33.5. The van der Waals surface area contributed by atoms with Crippen LogP contribution in [0.2, 0.25) is 0 Å². The number of esters is 2. The van der Waals surface area contributed by atoms with Gasteiger partial charge in [0.2, 0.25) is 23.6 Å². The summed E-state index contributed by atoms with van der Waals surface area (Å²) in [5, 5.41) is 105. The zero-order chi connectivity index (χ0) is 36.2. The van der Waals surface area contributed by atoms with Gasteiger partial charge in [0.05, 0.1) is 11.1 Å². The van der Waals surface area contributed by atoms with Crippen molar-refractivity contribution >= 4 is 17.7 Å². The number of aliphatic hydroxyl groups excluding tert-OH is 2. The number of phenols is 8. The van der Waals surface area contributed by atoms with Gasteiger partial charge < -0.3 is 70.0 Å². The molecular formula is C33H26O17. The summed E-state index contributed by atoms with van der Waals surface area (Å²) in [6, 6.07) is 10.7. The van der Waals surface area contributed by atoms with E-state index >= 15 is 0 Å². The summed E-state index contributed by atoms with van der Waals surface area (Å²) in [6.45, 7) is -0.887. The quantitative estimate of drug-likeness (QED) is 0.0821. The Hall–Kier alpha value is -6.43. The topological polar surface area (TPSA) is 290 Å². The predicted octanol–water partition coefficient (Wildman–Crippen LogP) is 1.45. The van der Waals surface area contributed by atoms with E-state index in [2.05, 4.69) is 0 Å². The number of rotatable bonds is 4. The Balaban J connectivity index is 1.36. The molecule has 4 aromatic rings. The second kappa shape index (κ2) is 12.5. The number of cyclic esters (lactones) is 1. The second-order valence-corrected chi connectivity index (χ2v) is 11.2. The molecule has 1 fully saturated rings. The van der Waals surface area contributed by atoms with Crippen LogP contribution in [0, 0.1) is 0 Å². The molecule has 0 aliphatic carbocycles. The van der Waals surface area contributed by atoms with Gasteiger partial charge in [-0.2, -0.15) is 0 Å². The van der Waals surface area contributed by atoms with Gasteiger partial charge in [-0.3, -0.25) is 4.79 Å². The first-order valence-corrected chi connectivity index (χ1v) is 14.5. The zero-order valence-corrected chi connectivity index (χ0v) is 25.1. The number of carbonyl (C=O) groups is 3. The lowest BCUT2D eigenvalue weighted by Gasteiger charge is -2.41. The van der Waals surface area contributed by atoms with Gasteiger partial charge in [0.25, 0.3) is 0 Å². The molecule has 5 atom stereocenters. The summed E-state index contributed by atoms with van der Waals surface area (Å²) >= 11 is 0. The highest BCUT2D eigenvalue weighted by atomic mass is 16.7. The number of carbonyl (C=O) groups excluding carboxylic acids is 3. The van der Waals surface area contributed by atoms with Crippen LogP contribution in [-0.2, 0) is 14.2 Å². The van der Waals surface area contributed by atoms with Crippen LogP contribution in [0.5, 0.6) is 51.7 Å². The number of hydrogen-bond donors (Lipinski definition) is 10. The number of phenolic OH excluding ortho intramolecular Hbond substituents is 8. The molecule has 6 rings (SSSR count). The zero-order valence-electron chi connectivity index (χ0n) is 25.1. The Kier molecular flexibility index (Phi) is 8.40. The monoisotopic (exact) mass is 694 g/mol. The Morgan fingerprint density at radius 3 is 1.78 bits per heavy atom. The molecule has 17 nitrogen and oxygen atoms in total. The molecule has 0 aromatic heterocycles. The second-order valence-electron chi connectivity index (χ2n) is 11.2. The lowest BCUT2D eigenvalue weighted by atomic mass is 9.92. The molecule has 260 valence electrons. The number of hydrogen-bond acceptors (Lipinski definition) is 17. The van der Waals surface area contributed by atoms with Crippen molar-refractivity contribution in [2.75, 3.05) is 6.61 Å².